The molecule has 0 atom stereocenters. The van der Waals surface area contributed by atoms with Gasteiger partial charge in [0, 0.05) is 6.42 Å². The maximum absolute atomic E-state index is 10.0. The molecule has 0 saturated carbocycles. The Morgan fingerprint density at radius 3 is 2.18 bits per heavy atom. The van der Waals surface area contributed by atoms with Crippen LogP contribution < -0.4 is 5.73 Å². The predicted molar refractivity (Wildman–Crippen MR) is 47.0 cm³/mol. The third-order valence-corrected chi connectivity index (χ3v) is 1.34. The van der Waals surface area contributed by atoms with E-state index >= 15 is 0 Å². The Morgan fingerprint density at radius 2 is 1.73 bits per heavy atom. The van der Waals surface area contributed by atoms with E-state index in [1.165, 1.54) is 0 Å². The Kier molecular flexibility index (Phi) is 11.8. The van der Waals surface area contributed by atoms with Crippen LogP contribution in [0.15, 0.2) is 0 Å². The zero-order chi connectivity index (χ0) is 7.82. The van der Waals surface area contributed by atoms with E-state index in [0.29, 0.717) is 13.0 Å². The summed E-state index contributed by atoms with van der Waals surface area (Å²) in [5.74, 6) is -0.701. The summed E-state index contributed by atoms with van der Waals surface area (Å²) in [7, 11) is 0. The summed E-state index contributed by atoms with van der Waals surface area (Å²) in [5, 5.41) is 8.25. The van der Waals surface area contributed by atoms with Gasteiger partial charge in [-0.2, -0.15) is 0 Å². The molecule has 68 valence electrons. The number of carboxylic acid groups (broad SMARTS) is 1. The molecule has 0 aliphatic carbocycles. The van der Waals surface area contributed by atoms with E-state index in [-0.39, 0.29) is 12.4 Å². The molecule has 0 fully saturated rings. The SMILES string of the molecule is Cl.NCCCCCCC(=O)O. The van der Waals surface area contributed by atoms with Gasteiger partial charge in [-0.25, -0.2) is 0 Å². The van der Waals surface area contributed by atoms with Gasteiger partial charge in [-0.05, 0) is 19.4 Å². The van der Waals surface area contributed by atoms with E-state index < -0.39 is 5.97 Å². The number of aliphatic carboxylic acids is 1. The fourth-order valence-electron chi connectivity index (χ4n) is 0.774. The third kappa shape index (κ3) is 12.8. The Bertz CT molecular complexity index is 98.4. The van der Waals surface area contributed by atoms with Crippen molar-refractivity contribution in [2.45, 2.75) is 32.1 Å². The van der Waals surface area contributed by atoms with Crippen molar-refractivity contribution in [2.24, 2.45) is 5.73 Å². The molecule has 0 aromatic rings. The highest BCUT2D eigenvalue weighted by Crippen LogP contribution is 2.01. The maximum Gasteiger partial charge on any atom is 0.303 e. The zero-order valence-electron chi connectivity index (χ0n) is 6.58. The first-order chi connectivity index (χ1) is 4.77. The maximum atomic E-state index is 10.0. The average molecular weight is 182 g/mol. The van der Waals surface area contributed by atoms with Crippen molar-refractivity contribution in [1.82, 2.24) is 0 Å². The molecule has 0 rings (SSSR count). The highest BCUT2D eigenvalue weighted by molar-refractivity contribution is 5.85. The van der Waals surface area contributed by atoms with Crippen molar-refractivity contribution in [3.8, 4) is 0 Å². The van der Waals surface area contributed by atoms with Crippen LogP contribution in [0.2, 0.25) is 0 Å². The van der Waals surface area contributed by atoms with Gasteiger partial charge in [-0.1, -0.05) is 12.8 Å². The number of nitrogens with two attached hydrogens (primary N) is 1. The average Bonchev–Trinajstić information content (AvgIpc) is 1.87. The molecule has 4 heteroatoms. The standard InChI is InChI=1S/C7H15NO2.ClH/c8-6-4-2-1-3-5-7(9)10;/h1-6,8H2,(H,9,10);1H. The summed E-state index contributed by atoms with van der Waals surface area (Å²) >= 11 is 0. The molecule has 3 N–H and O–H groups in total. The van der Waals surface area contributed by atoms with Crippen LogP contribution >= 0.6 is 12.4 Å². The van der Waals surface area contributed by atoms with Crippen LogP contribution in [0.1, 0.15) is 32.1 Å². The number of rotatable bonds is 6. The van der Waals surface area contributed by atoms with Gasteiger partial charge in [0.1, 0.15) is 0 Å². The lowest BCUT2D eigenvalue weighted by Gasteiger charge is -1.95. The van der Waals surface area contributed by atoms with Gasteiger partial charge in [0.25, 0.3) is 0 Å². The summed E-state index contributed by atoms with van der Waals surface area (Å²) in [6, 6.07) is 0. The van der Waals surface area contributed by atoms with E-state index in [4.69, 9.17) is 10.8 Å². The molecule has 0 aromatic carbocycles. The van der Waals surface area contributed by atoms with Gasteiger partial charge in [0.05, 0.1) is 0 Å². The van der Waals surface area contributed by atoms with Gasteiger partial charge >= 0.3 is 5.97 Å². The fraction of sp³-hybridized carbons (Fsp3) is 0.857. The second kappa shape index (κ2) is 9.72. The molecule has 0 saturated heterocycles. The number of unbranched alkanes of at least 4 members (excludes halogenated alkanes) is 3. The van der Waals surface area contributed by atoms with Crippen LogP contribution in [-0.4, -0.2) is 17.6 Å². The van der Waals surface area contributed by atoms with Crippen LogP contribution in [0.5, 0.6) is 0 Å². The molecule has 11 heavy (non-hydrogen) atoms. The van der Waals surface area contributed by atoms with Crippen molar-refractivity contribution < 1.29 is 9.90 Å². The smallest absolute Gasteiger partial charge is 0.303 e. The topological polar surface area (TPSA) is 63.3 Å². The van der Waals surface area contributed by atoms with Gasteiger partial charge in [-0.3, -0.25) is 4.79 Å². The molecule has 0 bridgehead atoms. The summed E-state index contributed by atoms with van der Waals surface area (Å²) in [6.07, 6.45) is 4.15. The summed E-state index contributed by atoms with van der Waals surface area (Å²) < 4.78 is 0. The van der Waals surface area contributed by atoms with E-state index in [9.17, 15) is 4.79 Å². The summed E-state index contributed by atoms with van der Waals surface area (Å²) in [4.78, 5) is 10.0. The molecule has 0 unspecified atom stereocenters. The first-order valence-corrected chi connectivity index (χ1v) is 3.69. The second-order valence-electron chi connectivity index (χ2n) is 2.35. The van der Waals surface area contributed by atoms with Crippen LogP contribution in [0, 0.1) is 0 Å². The van der Waals surface area contributed by atoms with Crippen LogP contribution in [-0.2, 0) is 4.79 Å². The molecular formula is C7H16ClNO2. The lowest BCUT2D eigenvalue weighted by molar-refractivity contribution is -0.137. The number of halogens is 1. The Labute approximate surface area is 73.4 Å². The van der Waals surface area contributed by atoms with E-state index in [2.05, 4.69) is 0 Å². The van der Waals surface area contributed by atoms with Gasteiger partial charge in [0.2, 0.25) is 0 Å². The largest absolute Gasteiger partial charge is 0.481 e. The molecular weight excluding hydrogens is 166 g/mol. The molecule has 0 aliphatic heterocycles. The lowest BCUT2D eigenvalue weighted by Crippen LogP contribution is -1.98. The van der Waals surface area contributed by atoms with Crippen LogP contribution in [0.3, 0.4) is 0 Å². The minimum absolute atomic E-state index is 0. The van der Waals surface area contributed by atoms with E-state index in [1.54, 1.807) is 0 Å². The third-order valence-electron chi connectivity index (χ3n) is 1.34. The fourth-order valence-corrected chi connectivity index (χ4v) is 0.774. The normalized spacial score (nSPS) is 8.82. The van der Waals surface area contributed by atoms with Gasteiger partial charge < -0.3 is 10.8 Å². The second-order valence-corrected chi connectivity index (χ2v) is 2.35. The highest BCUT2D eigenvalue weighted by atomic mass is 35.5. The van der Waals surface area contributed by atoms with Crippen molar-refractivity contribution in [2.75, 3.05) is 6.54 Å². The lowest BCUT2D eigenvalue weighted by atomic mass is 10.1. The molecule has 0 aliphatic rings. The number of hydrogen-bond donors (Lipinski definition) is 2. The number of carboxylic acids is 1. The molecule has 0 radical (unpaired) electrons. The molecule has 0 heterocycles. The zero-order valence-corrected chi connectivity index (χ0v) is 7.40. The van der Waals surface area contributed by atoms with Crippen LogP contribution in [0.25, 0.3) is 0 Å². The molecule has 0 spiro atoms. The molecule has 0 aromatic heterocycles. The van der Waals surface area contributed by atoms with Crippen molar-refractivity contribution in [3.63, 3.8) is 0 Å². The minimum Gasteiger partial charge on any atom is -0.481 e. The minimum atomic E-state index is -0.701. The Hall–Kier alpha value is -0.280. The van der Waals surface area contributed by atoms with Crippen molar-refractivity contribution in [1.29, 1.82) is 0 Å². The predicted octanol–water partition coefficient (Wildman–Crippen LogP) is 1.40. The van der Waals surface area contributed by atoms with Gasteiger partial charge in [0.15, 0.2) is 0 Å². The highest BCUT2D eigenvalue weighted by Gasteiger charge is 1.94. The first kappa shape index (κ1) is 13.3. The van der Waals surface area contributed by atoms with Crippen molar-refractivity contribution in [3.05, 3.63) is 0 Å². The van der Waals surface area contributed by atoms with Crippen molar-refractivity contribution >= 4 is 18.4 Å². The summed E-state index contributed by atoms with van der Waals surface area (Å²) in [6.45, 7) is 0.715. The Balaban J connectivity index is 0. The number of hydrogen-bond acceptors (Lipinski definition) is 2. The first-order valence-electron chi connectivity index (χ1n) is 3.69. The monoisotopic (exact) mass is 181 g/mol. The quantitative estimate of drug-likeness (QED) is 0.609. The van der Waals surface area contributed by atoms with Gasteiger partial charge in [-0.15, -0.1) is 12.4 Å². The molecule has 0 amide bonds. The van der Waals surface area contributed by atoms with E-state index in [1.807, 2.05) is 0 Å². The Morgan fingerprint density at radius 1 is 1.18 bits per heavy atom. The van der Waals surface area contributed by atoms with Crippen LogP contribution in [0.4, 0.5) is 0 Å². The number of carbonyl (C=O) groups is 1. The molecule has 3 nitrogen and oxygen atoms in total. The summed E-state index contributed by atoms with van der Waals surface area (Å²) in [5.41, 5.74) is 5.25. The van der Waals surface area contributed by atoms with E-state index in [0.717, 1.165) is 25.7 Å².